The normalized spacial score (nSPS) is 18.2. The van der Waals surface area contributed by atoms with Gasteiger partial charge in [0.05, 0.1) is 20.8 Å². The third-order valence-electron chi connectivity index (χ3n) is 5.58. The van der Waals surface area contributed by atoms with Crippen LogP contribution in [0.4, 0.5) is 4.39 Å². The van der Waals surface area contributed by atoms with Crippen LogP contribution >= 0.6 is 11.6 Å². The minimum Gasteiger partial charge on any atom is -0.493 e. The van der Waals surface area contributed by atoms with Gasteiger partial charge >= 0.3 is 0 Å². The van der Waals surface area contributed by atoms with Crippen LogP contribution in [0.15, 0.2) is 60.7 Å². The fourth-order valence-electron chi connectivity index (χ4n) is 4.28. The van der Waals surface area contributed by atoms with Crippen molar-refractivity contribution >= 4 is 11.6 Å². The lowest BCUT2D eigenvalue weighted by Crippen LogP contribution is -3.12. The number of nitrogens with one attached hydrogen (secondary N) is 1. The molecule has 1 aliphatic rings. The molecule has 3 aromatic rings. The summed E-state index contributed by atoms with van der Waals surface area (Å²) in [5.41, 5.74) is 4.56. The van der Waals surface area contributed by atoms with Crippen LogP contribution in [0, 0.1) is 5.82 Å². The van der Waals surface area contributed by atoms with Gasteiger partial charge in [0, 0.05) is 28.1 Å². The van der Waals surface area contributed by atoms with E-state index in [9.17, 15) is 4.39 Å². The Balaban J connectivity index is 1.80. The first kappa shape index (κ1) is 19.7. The summed E-state index contributed by atoms with van der Waals surface area (Å²) in [6, 6.07) is 19.1. The van der Waals surface area contributed by atoms with E-state index in [2.05, 4.69) is 18.2 Å². The number of benzene rings is 3. The maximum Gasteiger partial charge on any atom is 0.161 e. The quantitative estimate of drug-likeness (QED) is 0.677. The van der Waals surface area contributed by atoms with E-state index in [1.54, 1.807) is 26.4 Å². The maximum atomic E-state index is 13.8. The minimum atomic E-state index is -0.204. The van der Waals surface area contributed by atoms with Crippen molar-refractivity contribution in [3.8, 4) is 11.5 Å². The Morgan fingerprint density at radius 3 is 2.48 bits per heavy atom. The second kappa shape index (κ2) is 8.44. The van der Waals surface area contributed by atoms with Crippen LogP contribution in [0.1, 0.15) is 28.3 Å². The summed E-state index contributed by atoms with van der Waals surface area (Å²) in [6.07, 6.45) is 0.914. The minimum absolute atomic E-state index is 0.0699. The molecule has 0 fully saturated rings. The number of methoxy groups -OCH3 is 2. The van der Waals surface area contributed by atoms with Gasteiger partial charge in [0.2, 0.25) is 0 Å². The van der Waals surface area contributed by atoms with Crippen LogP contribution in [0.5, 0.6) is 11.5 Å². The molecule has 0 bridgehead atoms. The molecular weight excluding hydrogens is 389 g/mol. The van der Waals surface area contributed by atoms with Crippen molar-refractivity contribution in [2.45, 2.75) is 19.0 Å². The van der Waals surface area contributed by atoms with Crippen LogP contribution in [0.2, 0.25) is 5.02 Å². The summed E-state index contributed by atoms with van der Waals surface area (Å²) in [7, 11) is 3.31. The number of ether oxygens (including phenoxy) is 2. The topological polar surface area (TPSA) is 22.9 Å². The first-order valence-corrected chi connectivity index (χ1v) is 10.1. The van der Waals surface area contributed by atoms with Gasteiger partial charge in [0.1, 0.15) is 18.4 Å². The third-order valence-corrected chi connectivity index (χ3v) is 5.82. The number of hydrogen-bond acceptors (Lipinski definition) is 2. The lowest BCUT2D eigenvalue weighted by Gasteiger charge is -2.35. The molecule has 2 atom stereocenters. The Morgan fingerprint density at radius 2 is 1.76 bits per heavy atom. The van der Waals surface area contributed by atoms with Crippen LogP contribution in [-0.4, -0.2) is 20.8 Å². The second-order valence-corrected chi connectivity index (χ2v) is 7.80. The molecule has 5 heteroatoms. The maximum absolute atomic E-state index is 13.8. The SMILES string of the molecule is COc1cc2c(cc1OC)[C@H](c1cccc(Cl)c1)[NH+](Cc1cccc(F)c1)CC2. The van der Waals surface area contributed by atoms with E-state index in [4.69, 9.17) is 21.1 Å². The number of halogens is 2. The standard InChI is InChI=1S/C24H23ClFNO2/c1-28-22-13-17-9-10-27(15-16-5-3-8-20(26)11-16)24(21(17)14-23(22)29-2)18-6-4-7-19(25)12-18/h3-8,11-14,24H,9-10,15H2,1-2H3/p+1/t24-/m0/s1. The molecule has 3 aromatic carbocycles. The van der Waals surface area contributed by atoms with Gasteiger partial charge in [-0.05, 0) is 42.0 Å². The number of quaternary nitrogens is 1. The first-order chi connectivity index (χ1) is 14.1. The molecule has 1 aliphatic heterocycles. The van der Waals surface area contributed by atoms with Crippen molar-refractivity contribution < 1.29 is 18.8 Å². The van der Waals surface area contributed by atoms with Crippen LogP contribution < -0.4 is 14.4 Å². The summed E-state index contributed by atoms with van der Waals surface area (Å²) in [6.45, 7) is 1.65. The molecular formula is C24H24ClFNO2+. The van der Waals surface area contributed by atoms with E-state index in [0.29, 0.717) is 10.8 Å². The highest BCUT2D eigenvalue weighted by molar-refractivity contribution is 6.30. The molecule has 0 saturated heterocycles. The molecule has 0 spiro atoms. The van der Waals surface area contributed by atoms with E-state index in [-0.39, 0.29) is 11.9 Å². The predicted octanol–water partition coefficient (Wildman–Crippen LogP) is 4.23. The molecule has 1 unspecified atom stereocenters. The zero-order valence-electron chi connectivity index (χ0n) is 16.5. The molecule has 0 aromatic heterocycles. The first-order valence-electron chi connectivity index (χ1n) is 9.68. The molecule has 0 aliphatic carbocycles. The number of fused-ring (bicyclic) bond motifs is 1. The average Bonchev–Trinajstić information content (AvgIpc) is 2.72. The molecule has 1 N–H and O–H groups in total. The number of hydrogen-bond donors (Lipinski definition) is 1. The van der Waals surface area contributed by atoms with E-state index >= 15 is 0 Å². The third kappa shape index (κ3) is 4.09. The van der Waals surface area contributed by atoms with Gasteiger partial charge < -0.3 is 14.4 Å². The van der Waals surface area contributed by atoms with Gasteiger partial charge in [0.15, 0.2) is 11.5 Å². The van der Waals surface area contributed by atoms with Gasteiger partial charge in [-0.2, -0.15) is 0 Å². The van der Waals surface area contributed by atoms with Gasteiger partial charge in [0.25, 0.3) is 0 Å². The zero-order valence-corrected chi connectivity index (χ0v) is 17.3. The van der Waals surface area contributed by atoms with E-state index in [1.807, 2.05) is 24.3 Å². The molecule has 0 amide bonds. The molecule has 3 nitrogen and oxygen atoms in total. The summed E-state index contributed by atoms with van der Waals surface area (Å²) in [4.78, 5) is 1.34. The van der Waals surface area contributed by atoms with Crippen molar-refractivity contribution in [3.05, 3.63) is 93.8 Å². The van der Waals surface area contributed by atoms with Gasteiger partial charge in [-0.15, -0.1) is 0 Å². The van der Waals surface area contributed by atoms with Crippen LogP contribution in [0.25, 0.3) is 0 Å². The van der Waals surface area contributed by atoms with E-state index in [1.165, 1.54) is 22.1 Å². The van der Waals surface area contributed by atoms with Crippen molar-refractivity contribution in [2.24, 2.45) is 0 Å². The summed E-state index contributed by atoms with van der Waals surface area (Å²) in [5.74, 6) is 1.25. The highest BCUT2D eigenvalue weighted by Gasteiger charge is 2.34. The van der Waals surface area contributed by atoms with Gasteiger partial charge in [-0.3, -0.25) is 0 Å². The Bertz CT molecular complexity index is 1020. The monoisotopic (exact) mass is 412 g/mol. The molecule has 150 valence electrons. The summed E-state index contributed by atoms with van der Waals surface area (Å²) < 4.78 is 24.8. The molecule has 0 saturated carbocycles. The van der Waals surface area contributed by atoms with Gasteiger partial charge in [-0.1, -0.05) is 35.9 Å². The van der Waals surface area contributed by atoms with E-state index in [0.717, 1.165) is 36.4 Å². The summed E-state index contributed by atoms with van der Waals surface area (Å²) in [5, 5.41) is 0.709. The Kier molecular flexibility index (Phi) is 5.74. The lowest BCUT2D eigenvalue weighted by atomic mass is 9.87. The van der Waals surface area contributed by atoms with Crippen LogP contribution in [0.3, 0.4) is 0 Å². The van der Waals surface area contributed by atoms with Crippen molar-refractivity contribution in [2.75, 3.05) is 20.8 Å². The lowest BCUT2D eigenvalue weighted by molar-refractivity contribution is -0.941. The molecule has 4 rings (SSSR count). The highest BCUT2D eigenvalue weighted by Crippen LogP contribution is 2.36. The summed E-state index contributed by atoms with van der Waals surface area (Å²) >= 11 is 6.32. The molecule has 29 heavy (non-hydrogen) atoms. The molecule has 1 heterocycles. The van der Waals surface area contributed by atoms with Crippen molar-refractivity contribution in [3.63, 3.8) is 0 Å². The van der Waals surface area contributed by atoms with Gasteiger partial charge in [-0.25, -0.2) is 4.39 Å². The molecule has 0 radical (unpaired) electrons. The Hall–Kier alpha value is -2.56. The largest absolute Gasteiger partial charge is 0.493 e. The van der Waals surface area contributed by atoms with Crippen LogP contribution in [-0.2, 0) is 13.0 Å². The fourth-order valence-corrected chi connectivity index (χ4v) is 4.48. The zero-order chi connectivity index (χ0) is 20.4. The number of rotatable bonds is 5. The van der Waals surface area contributed by atoms with E-state index < -0.39 is 0 Å². The average molecular weight is 413 g/mol. The Morgan fingerprint density at radius 1 is 1.00 bits per heavy atom. The van der Waals surface area contributed by atoms with Crippen molar-refractivity contribution in [1.29, 1.82) is 0 Å². The fraction of sp³-hybridized carbons (Fsp3) is 0.250. The highest BCUT2D eigenvalue weighted by atomic mass is 35.5. The van der Waals surface area contributed by atoms with Crippen molar-refractivity contribution in [1.82, 2.24) is 0 Å². The Labute approximate surface area is 175 Å². The predicted molar refractivity (Wildman–Crippen MR) is 112 cm³/mol. The smallest absolute Gasteiger partial charge is 0.161 e. The second-order valence-electron chi connectivity index (χ2n) is 7.36.